The van der Waals surface area contributed by atoms with Crippen LogP contribution in [0.3, 0.4) is 0 Å². The second-order valence-electron chi connectivity index (χ2n) is 9.08. The number of rotatable bonds is 11. The molecule has 0 aliphatic heterocycles. The maximum absolute atomic E-state index is 13.2. The van der Waals surface area contributed by atoms with Crippen molar-refractivity contribution in [1.29, 1.82) is 0 Å². The molecule has 0 radical (unpaired) electrons. The summed E-state index contributed by atoms with van der Waals surface area (Å²) in [4.78, 5) is 15.0. The fraction of sp³-hybridized carbons (Fsp3) is 0.200. The highest BCUT2D eigenvalue weighted by Gasteiger charge is 2.18. The van der Waals surface area contributed by atoms with Gasteiger partial charge in [-0.05, 0) is 48.0 Å². The van der Waals surface area contributed by atoms with E-state index in [0.717, 1.165) is 22.0 Å². The Bertz CT molecular complexity index is 1670. The molecule has 0 saturated heterocycles. The van der Waals surface area contributed by atoms with Crippen LogP contribution in [0.2, 0.25) is 0 Å². The highest BCUT2D eigenvalue weighted by molar-refractivity contribution is 5.97. The summed E-state index contributed by atoms with van der Waals surface area (Å²) in [7, 11) is 3.23. The van der Waals surface area contributed by atoms with Gasteiger partial charge < -0.3 is 24.5 Å². The van der Waals surface area contributed by atoms with Crippen molar-refractivity contribution >= 4 is 27.7 Å². The van der Waals surface area contributed by atoms with Crippen LogP contribution in [-0.4, -0.2) is 48.5 Å². The van der Waals surface area contributed by atoms with Crippen LogP contribution in [0.1, 0.15) is 23.1 Å². The molecule has 0 atom stereocenters. The van der Waals surface area contributed by atoms with Gasteiger partial charge in [0.05, 0.1) is 32.0 Å². The van der Waals surface area contributed by atoms with E-state index in [-0.39, 0.29) is 18.1 Å². The molecule has 1 amide bonds. The standard InChI is InChI=1S/C30H28F2N4O4/c1-4-28(37)33-10-11-40-27-14-17(12-21-25(38-2)6-5-7-26(21)39-3)13-22-20(27)16-24(34-22)29-19-9-8-18(30(31)32)15-23(19)35-36-29/h4-9,13-16,30,34H,1,10-12H2,2-3H3,(H,33,37)(H,35,36). The molecule has 0 fully saturated rings. The number of halogens is 2. The van der Waals surface area contributed by atoms with E-state index in [9.17, 15) is 13.6 Å². The minimum atomic E-state index is -2.57. The molecule has 8 nitrogen and oxygen atoms in total. The summed E-state index contributed by atoms with van der Waals surface area (Å²) in [6.07, 6.45) is -0.862. The summed E-state index contributed by atoms with van der Waals surface area (Å²) in [6.45, 7) is 3.99. The molecular weight excluding hydrogens is 518 g/mol. The summed E-state index contributed by atoms with van der Waals surface area (Å²) in [6, 6.07) is 15.9. The lowest BCUT2D eigenvalue weighted by atomic mass is 10.0. The first-order chi connectivity index (χ1) is 19.4. The van der Waals surface area contributed by atoms with Crippen LogP contribution >= 0.6 is 0 Å². The highest BCUT2D eigenvalue weighted by Crippen LogP contribution is 2.37. The van der Waals surface area contributed by atoms with Crippen molar-refractivity contribution in [1.82, 2.24) is 20.5 Å². The maximum atomic E-state index is 13.2. The molecule has 3 N–H and O–H groups in total. The molecule has 2 heterocycles. The number of alkyl halides is 2. The summed E-state index contributed by atoms with van der Waals surface area (Å²) >= 11 is 0. The number of carbonyl (C=O) groups excluding carboxylic acids is 1. The van der Waals surface area contributed by atoms with Gasteiger partial charge in [-0.1, -0.05) is 24.8 Å². The molecule has 0 bridgehead atoms. The maximum Gasteiger partial charge on any atom is 0.263 e. The number of carbonyl (C=O) groups is 1. The molecule has 0 saturated carbocycles. The first-order valence-electron chi connectivity index (χ1n) is 12.6. The van der Waals surface area contributed by atoms with Crippen molar-refractivity contribution in [3.8, 4) is 28.6 Å². The van der Waals surface area contributed by atoms with E-state index < -0.39 is 6.43 Å². The smallest absolute Gasteiger partial charge is 0.263 e. The van der Waals surface area contributed by atoms with Crippen LogP contribution in [0, 0.1) is 0 Å². The predicted octanol–water partition coefficient (Wildman–Crippen LogP) is 5.94. The quantitative estimate of drug-likeness (QED) is 0.141. The zero-order valence-electron chi connectivity index (χ0n) is 22.0. The zero-order valence-corrected chi connectivity index (χ0v) is 22.0. The largest absolute Gasteiger partial charge is 0.496 e. The topological polar surface area (TPSA) is 101 Å². The van der Waals surface area contributed by atoms with Crippen LogP contribution in [0.15, 0.2) is 67.3 Å². The highest BCUT2D eigenvalue weighted by atomic mass is 19.3. The number of nitrogens with one attached hydrogen (secondary N) is 3. The third kappa shape index (κ3) is 5.33. The van der Waals surface area contributed by atoms with Crippen LogP contribution < -0.4 is 19.5 Å². The Labute approximate surface area is 228 Å². The first kappa shape index (κ1) is 26.7. The SMILES string of the molecule is C=CC(=O)NCCOc1cc(Cc2c(OC)cccc2OC)cc2[nH]c(-c3n[nH]c4cc(C(F)F)ccc34)cc12. The van der Waals surface area contributed by atoms with Crippen LogP contribution in [0.25, 0.3) is 33.2 Å². The molecule has 0 spiro atoms. The Kier molecular flexibility index (Phi) is 7.68. The third-order valence-corrected chi connectivity index (χ3v) is 6.61. The predicted molar refractivity (Wildman–Crippen MR) is 149 cm³/mol. The molecule has 2 aromatic heterocycles. The monoisotopic (exact) mass is 546 g/mol. The van der Waals surface area contributed by atoms with Gasteiger partial charge >= 0.3 is 0 Å². The van der Waals surface area contributed by atoms with Gasteiger partial charge in [0.25, 0.3) is 6.43 Å². The van der Waals surface area contributed by atoms with Crippen LogP contribution in [0.4, 0.5) is 8.78 Å². The second kappa shape index (κ2) is 11.5. The Morgan fingerprint density at radius 2 is 1.80 bits per heavy atom. The van der Waals surface area contributed by atoms with Gasteiger partial charge in [-0.25, -0.2) is 8.78 Å². The number of hydrogen-bond acceptors (Lipinski definition) is 5. The Morgan fingerprint density at radius 3 is 2.50 bits per heavy atom. The van der Waals surface area contributed by atoms with E-state index in [4.69, 9.17) is 14.2 Å². The van der Waals surface area contributed by atoms with Gasteiger partial charge in [-0.3, -0.25) is 9.89 Å². The number of amides is 1. The molecule has 0 unspecified atom stereocenters. The van der Waals surface area contributed by atoms with Crippen molar-refractivity contribution < 1.29 is 27.8 Å². The van der Waals surface area contributed by atoms with E-state index in [0.29, 0.717) is 52.5 Å². The van der Waals surface area contributed by atoms with Crippen molar-refractivity contribution in [2.75, 3.05) is 27.4 Å². The molecule has 0 aliphatic carbocycles. The fourth-order valence-electron chi connectivity index (χ4n) is 4.70. The number of H-pyrrole nitrogens is 2. The number of benzene rings is 3. The second-order valence-corrected chi connectivity index (χ2v) is 9.08. The first-order valence-corrected chi connectivity index (χ1v) is 12.6. The number of methoxy groups -OCH3 is 2. The number of aromatic amines is 2. The Hall–Kier alpha value is -4.86. The van der Waals surface area contributed by atoms with Gasteiger partial charge in [-0.2, -0.15) is 5.10 Å². The molecule has 3 aromatic carbocycles. The minimum absolute atomic E-state index is 0.0741. The molecular formula is C30H28F2N4O4. The molecule has 5 aromatic rings. The van der Waals surface area contributed by atoms with Crippen LogP contribution in [-0.2, 0) is 11.2 Å². The lowest BCUT2D eigenvalue weighted by Crippen LogP contribution is -2.26. The fourth-order valence-corrected chi connectivity index (χ4v) is 4.70. The lowest BCUT2D eigenvalue weighted by Gasteiger charge is -2.14. The Balaban J connectivity index is 1.55. The van der Waals surface area contributed by atoms with Crippen molar-refractivity contribution in [3.63, 3.8) is 0 Å². The summed E-state index contributed by atoms with van der Waals surface area (Å²) < 4.78 is 43.7. The van der Waals surface area contributed by atoms with Gasteiger partial charge in [-0.15, -0.1) is 0 Å². The van der Waals surface area contributed by atoms with Crippen molar-refractivity contribution in [3.05, 3.63) is 83.9 Å². The molecule has 40 heavy (non-hydrogen) atoms. The van der Waals surface area contributed by atoms with E-state index in [1.165, 1.54) is 18.2 Å². The number of aromatic nitrogens is 3. The summed E-state index contributed by atoms with van der Waals surface area (Å²) in [5, 5.41) is 11.5. The molecule has 5 rings (SSSR count). The lowest BCUT2D eigenvalue weighted by molar-refractivity contribution is -0.116. The van der Waals surface area contributed by atoms with Crippen LogP contribution in [0.5, 0.6) is 17.2 Å². The zero-order chi connectivity index (χ0) is 28.2. The number of ether oxygens (including phenoxy) is 3. The number of hydrogen-bond donors (Lipinski definition) is 3. The van der Waals surface area contributed by atoms with Gasteiger partial charge in [0.15, 0.2) is 0 Å². The third-order valence-electron chi connectivity index (χ3n) is 6.61. The average Bonchev–Trinajstić information content (AvgIpc) is 3.59. The van der Waals surface area contributed by atoms with Crippen molar-refractivity contribution in [2.45, 2.75) is 12.8 Å². The average molecular weight is 547 g/mol. The van der Waals surface area contributed by atoms with E-state index in [1.807, 2.05) is 36.4 Å². The number of fused-ring (bicyclic) bond motifs is 2. The van der Waals surface area contributed by atoms with Crippen molar-refractivity contribution in [2.24, 2.45) is 0 Å². The molecule has 206 valence electrons. The number of nitrogens with zero attached hydrogens (tertiary/aromatic N) is 1. The molecule has 10 heteroatoms. The Morgan fingerprint density at radius 1 is 1.02 bits per heavy atom. The van der Waals surface area contributed by atoms with Gasteiger partial charge in [0.2, 0.25) is 5.91 Å². The summed E-state index contributed by atoms with van der Waals surface area (Å²) in [5.74, 6) is 1.73. The van der Waals surface area contributed by atoms with E-state index in [1.54, 1.807) is 20.3 Å². The van der Waals surface area contributed by atoms with Gasteiger partial charge in [0, 0.05) is 33.8 Å². The summed E-state index contributed by atoms with van der Waals surface area (Å²) in [5.41, 5.74) is 4.36. The minimum Gasteiger partial charge on any atom is -0.496 e. The normalized spacial score (nSPS) is 11.2. The molecule has 0 aliphatic rings. The van der Waals surface area contributed by atoms with Gasteiger partial charge in [0.1, 0.15) is 29.5 Å². The van der Waals surface area contributed by atoms with E-state index >= 15 is 0 Å². The van der Waals surface area contributed by atoms with E-state index in [2.05, 4.69) is 27.1 Å².